The summed E-state index contributed by atoms with van der Waals surface area (Å²) in [4.78, 5) is 12.8. The van der Waals surface area contributed by atoms with Gasteiger partial charge in [0.15, 0.2) is 0 Å². The van der Waals surface area contributed by atoms with Crippen LogP contribution in [0, 0.1) is 13.8 Å². The van der Waals surface area contributed by atoms with E-state index in [9.17, 15) is 13.2 Å². The van der Waals surface area contributed by atoms with Crippen molar-refractivity contribution >= 4 is 44.8 Å². The van der Waals surface area contributed by atoms with Gasteiger partial charge in [-0.1, -0.05) is 53.7 Å². The molecular formula is C21H24Cl2N2O3S. The lowest BCUT2D eigenvalue weighted by Gasteiger charge is -2.21. The predicted octanol–water partition coefficient (Wildman–Crippen LogP) is 5.43. The van der Waals surface area contributed by atoms with E-state index in [0.29, 0.717) is 18.8 Å². The number of rotatable bonds is 4. The highest BCUT2D eigenvalue weighted by atomic mass is 35.5. The van der Waals surface area contributed by atoms with Crippen molar-refractivity contribution in [2.24, 2.45) is 0 Å². The summed E-state index contributed by atoms with van der Waals surface area (Å²) < 4.78 is 27.8. The van der Waals surface area contributed by atoms with E-state index in [0.717, 1.165) is 36.8 Å². The first-order valence-electron chi connectivity index (χ1n) is 9.58. The molecule has 5 nitrogen and oxygen atoms in total. The van der Waals surface area contributed by atoms with E-state index in [-0.39, 0.29) is 20.5 Å². The zero-order valence-corrected chi connectivity index (χ0v) is 18.8. The molecule has 0 saturated carbocycles. The first-order chi connectivity index (χ1) is 13.7. The molecule has 1 amide bonds. The maximum atomic E-state index is 13.2. The van der Waals surface area contributed by atoms with Gasteiger partial charge in [-0.15, -0.1) is 0 Å². The third kappa shape index (κ3) is 4.94. The van der Waals surface area contributed by atoms with Crippen molar-refractivity contribution in [2.75, 3.05) is 18.4 Å². The molecule has 0 spiro atoms. The minimum Gasteiger partial charge on any atom is -0.322 e. The molecule has 0 unspecified atom stereocenters. The molecule has 8 heteroatoms. The first kappa shape index (κ1) is 22.1. The number of halogens is 2. The topological polar surface area (TPSA) is 66.5 Å². The predicted molar refractivity (Wildman–Crippen MR) is 118 cm³/mol. The van der Waals surface area contributed by atoms with Gasteiger partial charge < -0.3 is 5.32 Å². The molecule has 156 valence electrons. The standard InChI is InChI=1S/C21H24Cl2N2O3S/c1-14-7-8-19(15(2)11-14)24-21(26)16-12-20(18(23)13-17(16)22)29(27,28)25-9-5-3-4-6-10-25/h7-8,11-13H,3-6,9-10H2,1-2H3,(H,24,26). The first-order valence-corrected chi connectivity index (χ1v) is 11.8. The number of carbonyl (C=O) groups is 1. The molecule has 1 heterocycles. The summed E-state index contributed by atoms with van der Waals surface area (Å²) in [7, 11) is -3.81. The Labute approximate surface area is 182 Å². The number of aryl methyl sites for hydroxylation is 2. The Bertz CT molecular complexity index is 1030. The summed E-state index contributed by atoms with van der Waals surface area (Å²) in [5, 5.41) is 2.93. The van der Waals surface area contributed by atoms with Crippen LogP contribution < -0.4 is 5.32 Å². The van der Waals surface area contributed by atoms with Gasteiger partial charge in [0.2, 0.25) is 10.0 Å². The number of sulfonamides is 1. The highest BCUT2D eigenvalue weighted by Crippen LogP contribution is 2.32. The van der Waals surface area contributed by atoms with Gasteiger partial charge >= 0.3 is 0 Å². The minimum atomic E-state index is -3.81. The van der Waals surface area contributed by atoms with Crippen molar-refractivity contribution in [1.82, 2.24) is 4.31 Å². The Morgan fingerprint density at radius 2 is 1.62 bits per heavy atom. The highest BCUT2D eigenvalue weighted by molar-refractivity contribution is 7.89. The van der Waals surface area contributed by atoms with Gasteiger partial charge in [-0.2, -0.15) is 4.31 Å². The largest absolute Gasteiger partial charge is 0.322 e. The summed E-state index contributed by atoms with van der Waals surface area (Å²) >= 11 is 12.5. The SMILES string of the molecule is Cc1ccc(NC(=O)c2cc(S(=O)(=O)N3CCCCCC3)c(Cl)cc2Cl)c(C)c1. The Balaban J connectivity index is 1.95. The normalized spacial score (nSPS) is 15.7. The zero-order valence-electron chi connectivity index (χ0n) is 16.5. The van der Waals surface area contributed by atoms with Crippen LogP contribution in [0.1, 0.15) is 47.2 Å². The molecule has 0 aromatic heterocycles. The molecule has 3 rings (SSSR count). The van der Waals surface area contributed by atoms with E-state index in [2.05, 4.69) is 5.32 Å². The van der Waals surface area contributed by atoms with Gasteiger partial charge in [-0.25, -0.2) is 8.42 Å². The lowest BCUT2D eigenvalue weighted by molar-refractivity contribution is 0.102. The number of anilines is 1. The van der Waals surface area contributed by atoms with E-state index in [4.69, 9.17) is 23.2 Å². The van der Waals surface area contributed by atoms with Crippen molar-refractivity contribution < 1.29 is 13.2 Å². The molecule has 1 aliphatic rings. The second kappa shape index (κ2) is 9.04. The van der Waals surface area contributed by atoms with Crippen molar-refractivity contribution in [3.8, 4) is 0 Å². The van der Waals surface area contributed by atoms with Crippen LogP contribution in [0.25, 0.3) is 0 Å². The Morgan fingerprint density at radius 3 is 2.24 bits per heavy atom. The summed E-state index contributed by atoms with van der Waals surface area (Å²) in [6.07, 6.45) is 3.63. The molecule has 0 bridgehead atoms. The summed E-state index contributed by atoms with van der Waals surface area (Å²) in [6.45, 7) is 4.76. The molecule has 0 radical (unpaired) electrons. The minimum absolute atomic E-state index is 0.0160. The van der Waals surface area contributed by atoms with Crippen LogP contribution >= 0.6 is 23.2 Å². The van der Waals surface area contributed by atoms with E-state index >= 15 is 0 Å². The van der Waals surface area contributed by atoms with Crippen molar-refractivity contribution in [3.05, 3.63) is 57.1 Å². The van der Waals surface area contributed by atoms with Gasteiger partial charge in [-0.05, 0) is 50.5 Å². The van der Waals surface area contributed by atoms with Crippen LogP contribution in [0.3, 0.4) is 0 Å². The molecule has 1 N–H and O–H groups in total. The van der Waals surface area contributed by atoms with Gasteiger partial charge in [0.25, 0.3) is 5.91 Å². The average molecular weight is 455 g/mol. The van der Waals surface area contributed by atoms with Gasteiger partial charge in [-0.3, -0.25) is 4.79 Å². The van der Waals surface area contributed by atoms with Crippen molar-refractivity contribution in [3.63, 3.8) is 0 Å². The quantitative estimate of drug-likeness (QED) is 0.669. The van der Waals surface area contributed by atoms with Gasteiger partial charge in [0.05, 0.1) is 15.6 Å². The second-order valence-corrected chi connectivity index (χ2v) is 10.1. The number of nitrogens with one attached hydrogen (secondary N) is 1. The van der Waals surface area contributed by atoms with Crippen LogP contribution in [-0.4, -0.2) is 31.7 Å². The van der Waals surface area contributed by atoms with Gasteiger partial charge in [0.1, 0.15) is 4.90 Å². The number of hydrogen-bond acceptors (Lipinski definition) is 3. The maximum Gasteiger partial charge on any atom is 0.257 e. The highest BCUT2D eigenvalue weighted by Gasteiger charge is 2.29. The summed E-state index contributed by atoms with van der Waals surface area (Å²) in [5.74, 6) is -0.481. The van der Waals surface area contributed by atoms with Crippen LogP contribution in [0.4, 0.5) is 5.69 Å². The Kier molecular flexibility index (Phi) is 6.89. The number of hydrogen-bond donors (Lipinski definition) is 1. The third-order valence-electron chi connectivity index (χ3n) is 5.08. The molecule has 2 aromatic carbocycles. The van der Waals surface area contributed by atoms with E-state index < -0.39 is 15.9 Å². The van der Waals surface area contributed by atoms with E-state index in [1.165, 1.54) is 16.4 Å². The second-order valence-electron chi connectivity index (χ2n) is 7.35. The number of amides is 1. The molecule has 29 heavy (non-hydrogen) atoms. The zero-order chi connectivity index (χ0) is 21.2. The Hall–Kier alpha value is -1.60. The molecule has 1 aliphatic heterocycles. The number of nitrogens with zero attached hydrogens (tertiary/aromatic N) is 1. The molecule has 2 aromatic rings. The number of carbonyl (C=O) groups excluding carboxylic acids is 1. The monoisotopic (exact) mass is 454 g/mol. The number of benzene rings is 2. The lowest BCUT2D eigenvalue weighted by atomic mass is 10.1. The molecule has 1 saturated heterocycles. The molecular weight excluding hydrogens is 431 g/mol. The fourth-order valence-electron chi connectivity index (χ4n) is 3.47. The van der Waals surface area contributed by atoms with Crippen molar-refractivity contribution in [2.45, 2.75) is 44.4 Å². The molecule has 0 aliphatic carbocycles. The average Bonchev–Trinajstić information content (AvgIpc) is 2.94. The van der Waals surface area contributed by atoms with Crippen LogP contribution in [-0.2, 0) is 10.0 Å². The molecule has 1 fully saturated rings. The fourth-order valence-corrected chi connectivity index (χ4v) is 5.82. The smallest absolute Gasteiger partial charge is 0.257 e. The van der Waals surface area contributed by atoms with Crippen molar-refractivity contribution in [1.29, 1.82) is 0 Å². The molecule has 0 atom stereocenters. The summed E-state index contributed by atoms with van der Waals surface area (Å²) in [6, 6.07) is 8.26. The van der Waals surface area contributed by atoms with Crippen LogP contribution in [0.5, 0.6) is 0 Å². The van der Waals surface area contributed by atoms with E-state index in [1.807, 2.05) is 26.0 Å². The summed E-state index contributed by atoms with van der Waals surface area (Å²) in [5.41, 5.74) is 2.70. The Morgan fingerprint density at radius 1 is 0.966 bits per heavy atom. The van der Waals surface area contributed by atoms with E-state index in [1.54, 1.807) is 6.07 Å². The van der Waals surface area contributed by atoms with Gasteiger partial charge in [0, 0.05) is 18.8 Å². The fraction of sp³-hybridized carbons (Fsp3) is 0.381. The third-order valence-corrected chi connectivity index (χ3v) is 7.76. The maximum absolute atomic E-state index is 13.2. The van der Waals surface area contributed by atoms with Crippen LogP contribution in [0.2, 0.25) is 10.0 Å². The van der Waals surface area contributed by atoms with Crippen LogP contribution in [0.15, 0.2) is 35.2 Å². The lowest BCUT2D eigenvalue weighted by Crippen LogP contribution is -2.32.